The predicted molar refractivity (Wildman–Crippen MR) is 69.4 cm³/mol. The number of nitriles is 1. The molecule has 1 aromatic carbocycles. The quantitative estimate of drug-likeness (QED) is 0.734. The molecule has 17 heavy (non-hydrogen) atoms. The van der Waals surface area contributed by atoms with Gasteiger partial charge in [0, 0.05) is 6.54 Å². The minimum Gasteiger partial charge on any atom is -0.393 e. The van der Waals surface area contributed by atoms with Crippen LogP contribution in [0.5, 0.6) is 0 Å². The second-order valence-corrected chi connectivity index (χ2v) is 3.98. The Morgan fingerprint density at radius 2 is 2.12 bits per heavy atom. The van der Waals surface area contributed by atoms with E-state index in [-0.39, 0.29) is 6.10 Å². The normalized spacial score (nSPS) is 12.5. The van der Waals surface area contributed by atoms with Gasteiger partial charge >= 0.3 is 0 Å². The Bertz CT molecular complexity index is 388. The zero-order chi connectivity index (χ0) is 12.5. The maximum absolute atomic E-state index is 9.05. The Labute approximate surface area is 102 Å². The first-order chi connectivity index (χ1) is 8.22. The van der Waals surface area contributed by atoms with Crippen molar-refractivity contribution in [1.82, 2.24) is 5.32 Å². The molecule has 0 aromatic heterocycles. The van der Waals surface area contributed by atoms with Gasteiger partial charge in [-0.25, -0.2) is 0 Å². The third-order valence-electron chi connectivity index (χ3n) is 2.35. The Balaban J connectivity index is 2.26. The van der Waals surface area contributed by atoms with Crippen molar-refractivity contribution in [1.29, 1.82) is 5.26 Å². The van der Waals surface area contributed by atoms with Crippen LogP contribution in [-0.2, 0) is 0 Å². The summed E-state index contributed by atoms with van der Waals surface area (Å²) < 4.78 is 0. The van der Waals surface area contributed by atoms with Gasteiger partial charge in [0.2, 0.25) is 0 Å². The summed E-state index contributed by atoms with van der Waals surface area (Å²) in [5, 5.41) is 20.9. The van der Waals surface area contributed by atoms with Crippen LogP contribution in [0.3, 0.4) is 0 Å². The van der Waals surface area contributed by atoms with Crippen molar-refractivity contribution in [2.45, 2.75) is 19.4 Å². The summed E-state index contributed by atoms with van der Waals surface area (Å²) >= 11 is 0. The molecule has 0 aliphatic rings. The van der Waals surface area contributed by atoms with Crippen molar-refractivity contribution in [2.24, 2.45) is 0 Å². The second-order valence-electron chi connectivity index (χ2n) is 3.98. The van der Waals surface area contributed by atoms with Crippen LogP contribution in [0.15, 0.2) is 30.3 Å². The van der Waals surface area contributed by atoms with Crippen LogP contribution in [0, 0.1) is 11.3 Å². The Hall–Kier alpha value is -1.63. The van der Waals surface area contributed by atoms with Crippen LogP contribution >= 0.6 is 0 Å². The third-order valence-corrected chi connectivity index (χ3v) is 2.35. The topological polar surface area (TPSA) is 56.0 Å². The number of hydrogen-bond acceptors (Lipinski definition) is 3. The van der Waals surface area contributed by atoms with E-state index in [1.165, 1.54) is 0 Å². The molecule has 0 saturated carbocycles. The molecule has 0 saturated heterocycles. The van der Waals surface area contributed by atoms with E-state index in [9.17, 15) is 0 Å². The first-order valence-electron chi connectivity index (χ1n) is 5.78. The Kier molecular flexibility index (Phi) is 6.02. The van der Waals surface area contributed by atoms with Gasteiger partial charge in [-0.2, -0.15) is 5.26 Å². The standard InChI is InChI=1S/C14H18N2O/c1-12(17)8-10-16-9-2-3-13-4-6-14(11-15)7-5-13/h2-7,12,16-17H,8-10H2,1H3/b3-2+. The van der Waals surface area contributed by atoms with E-state index in [1.807, 2.05) is 24.3 Å². The van der Waals surface area contributed by atoms with Crippen molar-refractivity contribution in [3.8, 4) is 6.07 Å². The summed E-state index contributed by atoms with van der Waals surface area (Å²) in [5.41, 5.74) is 1.76. The molecule has 0 spiro atoms. The van der Waals surface area contributed by atoms with Gasteiger partial charge in [-0.1, -0.05) is 24.3 Å². The highest BCUT2D eigenvalue weighted by molar-refractivity contribution is 5.50. The minimum atomic E-state index is -0.245. The van der Waals surface area contributed by atoms with Gasteiger partial charge in [0.15, 0.2) is 0 Å². The number of nitrogens with one attached hydrogen (secondary N) is 1. The lowest BCUT2D eigenvalue weighted by atomic mass is 10.1. The van der Waals surface area contributed by atoms with Gasteiger partial charge in [0.05, 0.1) is 17.7 Å². The first-order valence-corrected chi connectivity index (χ1v) is 5.78. The fourth-order valence-electron chi connectivity index (χ4n) is 1.36. The zero-order valence-corrected chi connectivity index (χ0v) is 10.1. The van der Waals surface area contributed by atoms with Crippen molar-refractivity contribution in [3.63, 3.8) is 0 Å². The lowest BCUT2D eigenvalue weighted by Crippen LogP contribution is -2.18. The summed E-state index contributed by atoms with van der Waals surface area (Å²) in [4.78, 5) is 0. The fraction of sp³-hybridized carbons (Fsp3) is 0.357. The first kappa shape index (κ1) is 13.4. The van der Waals surface area contributed by atoms with E-state index in [2.05, 4.69) is 11.4 Å². The van der Waals surface area contributed by atoms with E-state index < -0.39 is 0 Å². The van der Waals surface area contributed by atoms with Crippen LogP contribution in [0.25, 0.3) is 6.08 Å². The maximum Gasteiger partial charge on any atom is 0.0991 e. The van der Waals surface area contributed by atoms with E-state index in [0.717, 1.165) is 25.1 Å². The van der Waals surface area contributed by atoms with Crippen LogP contribution in [0.2, 0.25) is 0 Å². The summed E-state index contributed by atoms with van der Waals surface area (Å²) in [5.74, 6) is 0. The molecular weight excluding hydrogens is 212 g/mol. The van der Waals surface area contributed by atoms with Gasteiger partial charge in [-0.15, -0.1) is 0 Å². The highest BCUT2D eigenvalue weighted by Crippen LogP contribution is 2.04. The molecule has 3 heteroatoms. The highest BCUT2D eigenvalue weighted by Gasteiger charge is 1.93. The van der Waals surface area contributed by atoms with E-state index in [0.29, 0.717) is 5.56 Å². The summed E-state index contributed by atoms with van der Waals surface area (Å²) in [6, 6.07) is 9.54. The summed E-state index contributed by atoms with van der Waals surface area (Å²) in [6.45, 7) is 3.39. The predicted octanol–water partition coefficient (Wildman–Crippen LogP) is 1.93. The number of nitrogens with zero attached hydrogens (tertiary/aromatic N) is 1. The monoisotopic (exact) mass is 230 g/mol. The third kappa shape index (κ3) is 5.86. The molecule has 90 valence electrons. The maximum atomic E-state index is 9.05. The zero-order valence-electron chi connectivity index (χ0n) is 10.1. The van der Waals surface area contributed by atoms with E-state index in [4.69, 9.17) is 10.4 Å². The molecule has 1 aromatic rings. The van der Waals surface area contributed by atoms with Crippen LogP contribution in [-0.4, -0.2) is 24.3 Å². The summed E-state index contributed by atoms with van der Waals surface area (Å²) in [7, 11) is 0. The molecule has 1 atom stereocenters. The van der Waals surface area contributed by atoms with Crippen LogP contribution in [0.4, 0.5) is 0 Å². The largest absolute Gasteiger partial charge is 0.393 e. The Morgan fingerprint density at radius 1 is 1.41 bits per heavy atom. The van der Waals surface area contributed by atoms with Crippen molar-refractivity contribution in [2.75, 3.05) is 13.1 Å². The lowest BCUT2D eigenvalue weighted by Gasteiger charge is -2.03. The van der Waals surface area contributed by atoms with Gasteiger partial charge < -0.3 is 10.4 Å². The van der Waals surface area contributed by atoms with Crippen molar-refractivity contribution in [3.05, 3.63) is 41.5 Å². The average Bonchev–Trinajstić information content (AvgIpc) is 2.34. The number of benzene rings is 1. The molecule has 0 aliphatic heterocycles. The van der Waals surface area contributed by atoms with Gasteiger partial charge in [-0.05, 0) is 37.6 Å². The molecule has 3 nitrogen and oxygen atoms in total. The SMILES string of the molecule is CC(O)CCNC/C=C/c1ccc(C#N)cc1. The van der Waals surface area contributed by atoms with Crippen LogP contribution in [0.1, 0.15) is 24.5 Å². The van der Waals surface area contributed by atoms with Crippen LogP contribution < -0.4 is 5.32 Å². The fourth-order valence-corrected chi connectivity index (χ4v) is 1.36. The van der Waals surface area contributed by atoms with Crippen molar-refractivity contribution < 1.29 is 5.11 Å². The average molecular weight is 230 g/mol. The molecule has 0 bridgehead atoms. The molecule has 0 radical (unpaired) electrons. The van der Waals surface area contributed by atoms with E-state index in [1.54, 1.807) is 19.1 Å². The smallest absolute Gasteiger partial charge is 0.0991 e. The van der Waals surface area contributed by atoms with Gasteiger partial charge in [-0.3, -0.25) is 0 Å². The molecule has 2 N–H and O–H groups in total. The second kappa shape index (κ2) is 7.61. The molecule has 0 aliphatic carbocycles. The molecule has 0 heterocycles. The van der Waals surface area contributed by atoms with Gasteiger partial charge in [0.25, 0.3) is 0 Å². The molecule has 1 unspecified atom stereocenters. The van der Waals surface area contributed by atoms with Crippen molar-refractivity contribution >= 4 is 6.08 Å². The Morgan fingerprint density at radius 3 is 2.71 bits per heavy atom. The minimum absolute atomic E-state index is 0.245. The summed E-state index contributed by atoms with van der Waals surface area (Å²) in [6.07, 6.45) is 4.56. The molecule has 1 rings (SSSR count). The number of aliphatic hydroxyl groups is 1. The number of rotatable bonds is 6. The number of hydrogen-bond donors (Lipinski definition) is 2. The van der Waals surface area contributed by atoms with E-state index >= 15 is 0 Å². The lowest BCUT2D eigenvalue weighted by molar-refractivity contribution is 0.184. The molecule has 0 amide bonds. The molecular formula is C14H18N2O. The highest BCUT2D eigenvalue weighted by atomic mass is 16.3. The number of aliphatic hydroxyl groups excluding tert-OH is 1. The molecule has 0 fully saturated rings. The van der Waals surface area contributed by atoms with Gasteiger partial charge in [0.1, 0.15) is 0 Å².